The number of aliphatic hydroxyl groups is 2. The number of thioether (sulfide) groups is 1. The quantitative estimate of drug-likeness (QED) is 0.563. The van der Waals surface area contributed by atoms with Gasteiger partial charge in [0.2, 0.25) is 0 Å². The van der Waals surface area contributed by atoms with Crippen molar-refractivity contribution in [2.75, 3.05) is 31.7 Å². The van der Waals surface area contributed by atoms with Crippen molar-refractivity contribution in [1.29, 1.82) is 0 Å². The molecule has 2 unspecified atom stereocenters. The molecule has 13 heavy (non-hydrogen) atoms. The molecular weight excluding hydrogens is 186 g/mol. The van der Waals surface area contributed by atoms with Gasteiger partial charge in [0.05, 0.1) is 5.60 Å². The van der Waals surface area contributed by atoms with Crippen molar-refractivity contribution in [2.24, 2.45) is 5.92 Å². The van der Waals surface area contributed by atoms with Gasteiger partial charge in [0, 0.05) is 18.9 Å². The molecular formula is C9H21NO2S. The Hall–Kier alpha value is 0.230. The van der Waals surface area contributed by atoms with Crippen molar-refractivity contribution in [3.8, 4) is 0 Å². The lowest BCUT2D eigenvalue weighted by molar-refractivity contribution is 0.0827. The van der Waals surface area contributed by atoms with Crippen LogP contribution in [0.3, 0.4) is 0 Å². The van der Waals surface area contributed by atoms with Crippen molar-refractivity contribution < 1.29 is 10.2 Å². The van der Waals surface area contributed by atoms with Crippen LogP contribution in [0.5, 0.6) is 0 Å². The van der Waals surface area contributed by atoms with Crippen molar-refractivity contribution in [3.63, 3.8) is 0 Å². The average molecular weight is 207 g/mol. The van der Waals surface area contributed by atoms with Gasteiger partial charge in [-0.2, -0.15) is 11.8 Å². The first-order valence-corrected chi connectivity index (χ1v) is 5.94. The Bertz CT molecular complexity index is 131. The van der Waals surface area contributed by atoms with Crippen LogP contribution in [0, 0.1) is 5.92 Å². The van der Waals surface area contributed by atoms with Crippen LogP contribution >= 0.6 is 11.8 Å². The number of nitrogens with one attached hydrogen (secondary N) is 1. The molecule has 0 bridgehead atoms. The highest BCUT2D eigenvalue weighted by Crippen LogP contribution is 2.08. The van der Waals surface area contributed by atoms with E-state index in [1.807, 2.05) is 20.1 Å². The highest BCUT2D eigenvalue weighted by atomic mass is 32.2. The molecule has 0 amide bonds. The van der Waals surface area contributed by atoms with E-state index in [1.54, 1.807) is 11.8 Å². The minimum Gasteiger partial charge on any atom is -0.396 e. The van der Waals surface area contributed by atoms with E-state index >= 15 is 0 Å². The fourth-order valence-corrected chi connectivity index (χ4v) is 1.74. The summed E-state index contributed by atoms with van der Waals surface area (Å²) in [6, 6.07) is 0. The normalized spacial score (nSPS) is 18.2. The lowest BCUT2D eigenvalue weighted by atomic mass is 10.1. The highest BCUT2D eigenvalue weighted by Gasteiger charge is 2.18. The maximum Gasteiger partial charge on any atom is 0.0833 e. The molecule has 0 saturated carbocycles. The molecule has 0 fully saturated rings. The molecule has 2 atom stereocenters. The van der Waals surface area contributed by atoms with Crippen LogP contribution in [0.15, 0.2) is 0 Å². The molecule has 0 aliphatic rings. The molecule has 4 heteroatoms. The summed E-state index contributed by atoms with van der Waals surface area (Å²) in [5, 5.41) is 21.7. The molecule has 3 nitrogen and oxygen atoms in total. The monoisotopic (exact) mass is 207 g/mol. The lowest BCUT2D eigenvalue weighted by Crippen LogP contribution is -2.41. The van der Waals surface area contributed by atoms with Gasteiger partial charge in [-0.3, -0.25) is 0 Å². The Morgan fingerprint density at radius 2 is 2.15 bits per heavy atom. The van der Waals surface area contributed by atoms with Gasteiger partial charge in [0.25, 0.3) is 0 Å². The van der Waals surface area contributed by atoms with Gasteiger partial charge in [-0.05, 0) is 25.6 Å². The molecule has 0 aliphatic carbocycles. The molecule has 3 N–H and O–H groups in total. The summed E-state index contributed by atoms with van der Waals surface area (Å²) in [5.41, 5.74) is -0.644. The van der Waals surface area contributed by atoms with E-state index in [4.69, 9.17) is 5.11 Å². The van der Waals surface area contributed by atoms with Crippen molar-refractivity contribution >= 4 is 11.8 Å². The maximum atomic E-state index is 9.75. The van der Waals surface area contributed by atoms with E-state index in [0.717, 1.165) is 12.3 Å². The minimum atomic E-state index is -0.644. The van der Waals surface area contributed by atoms with Crippen molar-refractivity contribution in [2.45, 2.75) is 19.4 Å². The summed E-state index contributed by atoms with van der Waals surface area (Å²) < 4.78 is 0. The smallest absolute Gasteiger partial charge is 0.0833 e. The molecule has 0 radical (unpaired) electrons. The summed E-state index contributed by atoms with van der Waals surface area (Å²) in [5.74, 6) is 0.984. The zero-order valence-corrected chi connectivity index (χ0v) is 9.52. The molecule has 0 heterocycles. The van der Waals surface area contributed by atoms with E-state index < -0.39 is 5.60 Å². The lowest BCUT2D eigenvalue weighted by Gasteiger charge is -2.23. The first kappa shape index (κ1) is 13.2. The van der Waals surface area contributed by atoms with E-state index in [1.165, 1.54) is 0 Å². The Kier molecular flexibility index (Phi) is 6.77. The second kappa shape index (κ2) is 6.65. The Morgan fingerprint density at radius 3 is 2.62 bits per heavy atom. The molecule has 0 aromatic heterocycles. The third-order valence-electron chi connectivity index (χ3n) is 1.77. The Labute approximate surface area is 84.9 Å². The van der Waals surface area contributed by atoms with Crippen LogP contribution < -0.4 is 5.32 Å². The maximum absolute atomic E-state index is 9.75. The second-order valence-electron chi connectivity index (χ2n) is 3.85. The highest BCUT2D eigenvalue weighted by molar-refractivity contribution is 7.98. The van der Waals surface area contributed by atoms with Crippen LogP contribution in [-0.4, -0.2) is 47.5 Å². The molecule has 80 valence electrons. The van der Waals surface area contributed by atoms with Crippen molar-refractivity contribution in [1.82, 2.24) is 5.32 Å². The predicted octanol–water partition coefficient (Wildman–Crippen LogP) is 0.318. The second-order valence-corrected chi connectivity index (χ2v) is 4.71. The topological polar surface area (TPSA) is 52.5 Å². The zero-order chi connectivity index (χ0) is 10.3. The molecule has 0 spiro atoms. The Balaban J connectivity index is 3.50. The molecule has 0 saturated heterocycles. The number of hydrogen-bond acceptors (Lipinski definition) is 4. The largest absolute Gasteiger partial charge is 0.396 e. The third-order valence-corrected chi connectivity index (χ3v) is 2.68. The average Bonchev–Trinajstić information content (AvgIpc) is 2.03. The summed E-state index contributed by atoms with van der Waals surface area (Å²) in [4.78, 5) is 0. The standard InChI is InChI=1S/C9H21NO2S/c1-8(5-11)4-10-6-9(2,12)7-13-3/h8,10-12H,4-7H2,1-3H3. The number of aliphatic hydroxyl groups excluding tert-OH is 1. The summed E-state index contributed by atoms with van der Waals surface area (Å²) in [6.07, 6.45) is 1.98. The molecule has 0 aliphatic heterocycles. The molecule has 0 aromatic carbocycles. The van der Waals surface area contributed by atoms with E-state index in [9.17, 15) is 5.11 Å². The SMILES string of the molecule is CSCC(C)(O)CNCC(C)CO. The third kappa shape index (κ3) is 7.31. The van der Waals surface area contributed by atoms with Gasteiger partial charge >= 0.3 is 0 Å². The van der Waals surface area contributed by atoms with Crippen LogP contribution in [-0.2, 0) is 0 Å². The van der Waals surface area contributed by atoms with Gasteiger partial charge < -0.3 is 15.5 Å². The molecule has 0 aromatic rings. The molecule has 0 rings (SSSR count). The fraction of sp³-hybridized carbons (Fsp3) is 1.00. The summed E-state index contributed by atoms with van der Waals surface area (Å²) >= 11 is 1.63. The van der Waals surface area contributed by atoms with E-state index in [-0.39, 0.29) is 12.5 Å². The fourth-order valence-electron chi connectivity index (χ4n) is 1.01. The Morgan fingerprint density at radius 1 is 1.54 bits per heavy atom. The van der Waals surface area contributed by atoms with Gasteiger partial charge in [-0.25, -0.2) is 0 Å². The van der Waals surface area contributed by atoms with Crippen LogP contribution in [0.25, 0.3) is 0 Å². The van der Waals surface area contributed by atoms with Crippen molar-refractivity contribution in [3.05, 3.63) is 0 Å². The number of rotatable bonds is 7. The van der Waals surface area contributed by atoms with Gasteiger partial charge in [-0.1, -0.05) is 6.92 Å². The van der Waals surface area contributed by atoms with Gasteiger partial charge in [-0.15, -0.1) is 0 Å². The summed E-state index contributed by atoms with van der Waals surface area (Å²) in [7, 11) is 0. The van der Waals surface area contributed by atoms with E-state index in [0.29, 0.717) is 6.54 Å². The van der Waals surface area contributed by atoms with Gasteiger partial charge in [0.1, 0.15) is 0 Å². The summed E-state index contributed by atoms with van der Waals surface area (Å²) in [6.45, 7) is 5.31. The zero-order valence-electron chi connectivity index (χ0n) is 8.71. The predicted molar refractivity (Wildman–Crippen MR) is 58.1 cm³/mol. The van der Waals surface area contributed by atoms with Crippen LogP contribution in [0.4, 0.5) is 0 Å². The van der Waals surface area contributed by atoms with E-state index in [2.05, 4.69) is 5.32 Å². The first-order valence-electron chi connectivity index (χ1n) is 4.54. The van der Waals surface area contributed by atoms with Crippen LogP contribution in [0.1, 0.15) is 13.8 Å². The van der Waals surface area contributed by atoms with Gasteiger partial charge in [0.15, 0.2) is 0 Å². The number of hydrogen-bond donors (Lipinski definition) is 3. The minimum absolute atomic E-state index is 0.192. The van der Waals surface area contributed by atoms with Crippen LogP contribution in [0.2, 0.25) is 0 Å². The first-order chi connectivity index (χ1) is 6.02.